The lowest BCUT2D eigenvalue weighted by Gasteiger charge is -2.20. The Morgan fingerprint density at radius 1 is 1.12 bits per heavy atom. The number of amides is 1. The van der Waals surface area contributed by atoms with Gasteiger partial charge in [0.25, 0.3) is 5.91 Å². The van der Waals surface area contributed by atoms with Crippen LogP contribution in [0.15, 0.2) is 29.2 Å². The van der Waals surface area contributed by atoms with Crippen molar-refractivity contribution < 1.29 is 22.7 Å². The minimum absolute atomic E-state index is 0.0185. The second-order valence-electron chi connectivity index (χ2n) is 6.60. The number of ether oxygens (including phenoxy) is 1. The Bertz CT molecular complexity index is 717. The van der Waals surface area contributed by atoms with Gasteiger partial charge in [0.05, 0.1) is 4.90 Å². The fraction of sp³-hybridized carbons (Fsp3) is 0.529. The summed E-state index contributed by atoms with van der Waals surface area (Å²) < 4.78 is 32.2. The van der Waals surface area contributed by atoms with E-state index in [1.54, 1.807) is 13.8 Å². The van der Waals surface area contributed by atoms with Crippen LogP contribution in [0.3, 0.4) is 0 Å². The van der Waals surface area contributed by atoms with E-state index in [9.17, 15) is 18.0 Å². The zero-order valence-corrected chi connectivity index (χ0v) is 16.9. The van der Waals surface area contributed by atoms with Gasteiger partial charge in [0.15, 0.2) is 6.61 Å². The summed E-state index contributed by atoms with van der Waals surface area (Å²) in [5.41, 5.74) is 0. The SMILES string of the molecule is CC(C)CNC(=O)COC(=O)C(NS(=O)(=O)c1ccc(Cl)cc1)C(C)C. The van der Waals surface area contributed by atoms with Gasteiger partial charge in [0.1, 0.15) is 6.04 Å². The molecule has 0 fully saturated rings. The molecule has 0 aliphatic rings. The third-order valence-corrected chi connectivity index (χ3v) is 5.09. The fourth-order valence-corrected chi connectivity index (χ4v) is 3.36. The largest absolute Gasteiger partial charge is 0.454 e. The number of sulfonamides is 1. The average Bonchev–Trinajstić information content (AvgIpc) is 2.55. The monoisotopic (exact) mass is 404 g/mol. The first-order valence-electron chi connectivity index (χ1n) is 8.24. The third kappa shape index (κ3) is 7.31. The van der Waals surface area contributed by atoms with Crippen molar-refractivity contribution in [1.82, 2.24) is 10.0 Å². The molecule has 1 aromatic carbocycles. The predicted molar refractivity (Wildman–Crippen MR) is 99.2 cm³/mol. The van der Waals surface area contributed by atoms with Crippen LogP contribution in [0, 0.1) is 11.8 Å². The summed E-state index contributed by atoms with van der Waals surface area (Å²) in [7, 11) is -3.94. The van der Waals surface area contributed by atoms with Crippen molar-refractivity contribution in [3.63, 3.8) is 0 Å². The van der Waals surface area contributed by atoms with Gasteiger partial charge in [0, 0.05) is 11.6 Å². The number of carbonyl (C=O) groups excluding carboxylic acids is 2. The molecule has 26 heavy (non-hydrogen) atoms. The lowest BCUT2D eigenvalue weighted by Crippen LogP contribution is -2.46. The van der Waals surface area contributed by atoms with E-state index >= 15 is 0 Å². The summed E-state index contributed by atoms with van der Waals surface area (Å²) in [6.07, 6.45) is 0. The van der Waals surface area contributed by atoms with Gasteiger partial charge in [0.2, 0.25) is 10.0 Å². The maximum absolute atomic E-state index is 12.4. The van der Waals surface area contributed by atoms with E-state index in [4.69, 9.17) is 16.3 Å². The van der Waals surface area contributed by atoms with E-state index in [2.05, 4.69) is 10.0 Å². The van der Waals surface area contributed by atoms with Gasteiger partial charge in [-0.05, 0) is 36.1 Å². The first kappa shape index (κ1) is 22.4. The zero-order chi connectivity index (χ0) is 19.9. The Balaban J connectivity index is 2.74. The van der Waals surface area contributed by atoms with E-state index in [0.29, 0.717) is 11.6 Å². The van der Waals surface area contributed by atoms with Crippen LogP contribution >= 0.6 is 11.6 Å². The molecule has 7 nitrogen and oxygen atoms in total. The number of halogens is 1. The molecule has 1 rings (SSSR count). The van der Waals surface area contributed by atoms with E-state index in [-0.39, 0.29) is 16.7 Å². The minimum atomic E-state index is -3.94. The van der Waals surface area contributed by atoms with Crippen LogP contribution in [0.25, 0.3) is 0 Å². The van der Waals surface area contributed by atoms with Crippen LogP contribution < -0.4 is 10.0 Å². The van der Waals surface area contributed by atoms with Crippen molar-refractivity contribution in [1.29, 1.82) is 0 Å². The normalized spacial score (nSPS) is 12.9. The van der Waals surface area contributed by atoms with Crippen LogP contribution in [0.4, 0.5) is 0 Å². The second-order valence-corrected chi connectivity index (χ2v) is 8.75. The molecule has 9 heteroatoms. The molecule has 0 saturated heterocycles. The maximum atomic E-state index is 12.4. The molecule has 1 unspecified atom stereocenters. The number of esters is 1. The summed E-state index contributed by atoms with van der Waals surface area (Å²) in [6, 6.07) is 4.45. The van der Waals surface area contributed by atoms with E-state index in [0.717, 1.165) is 0 Å². The van der Waals surface area contributed by atoms with Crippen molar-refractivity contribution in [3.8, 4) is 0 Å². The summed E-state index contributed by atoms with van der Waals surface area (Å²) in [5.74, 6) is -1.35. The molecule has 0 spiro atoms. The highest BCUT2D eigenvalue weighted by molar-refractivity contribution is 7.89. The molecule has 0 aliphatic heterocycles. The lowest BCUT2D eigenvalue weighted by atomic mass is 10.1. The van der Waals surface area contributed by atoms with Gasteiger partial charge in [-0.1, -0.05) is 39.3 Å². The Kier molecular flexibility index (Phi) is 8.52. The van der Waals surface area contributed by atoms with Gasteiger partial charge in [-0.3, -0.25) is 9.59 Å². The first-order valence-corrected chi connectivity index (χ1v) is 10.1. The number of carbonyl (C=O) groups is 2. The van der Waals surface area contributed by atoms with Crippen LogP contribution in [-0.2, 0) is 24.3 Å². The maximum Gasteiger partial charge on any atom is 0.324 e. The highest BCUT2D eigenvalue weighted by Crippen LogP contribution is 2.16. The van der Waals surface area contributed by atoms with E-state index < -0.39 is 34.5 Å². The van der Waals surface area contributed by atoms with Crippen molar-refractivity contribution in [2.45, 2.75) is 38.6 Å². The van der Waals surface area contributed by atoms with Gasteiger partial charge >= 0.3 is 5.97 Å². The topological polar surface area (TPSA) is 102 Å². The smallest absolute Gasteiger partial charge is 0.324 e. The molecular formula is C17H25ClN2O5S. The quantitative estimate of drug-likeness (QED) is 0.612. The molecular weight excluding hydrogens is 380 g/mol. The molecule has 1 amide bonds. The molecule has 0 bridgehead atoms. The van der Waals surface area contributed by atoms with Gasteiger partial charge in [-0.2, -0.15) is 4.72 Å². The van der Waals surface area contributed by atoms with Crippen LogP contribution in [-0.4, -0.2) is 39.5 Å². The molecule has 0 saturated carbocycles. The van der Waals surface area contributed by atoms with Gasteiger partial charge in [-0.15, -0.1) is 0 Å². The van der Waals surface area contributed by atoms with Gasteiger partial charge < -0.3 is 10.1 Å². The van der Waals surface area contributed by atoms with Crippen molar-refractivity contribution in [2.75, 3.05) is 13.2 Å². The molecule has 146 valence electrons. The summed E-state index contributed by atoms with van der Waals surface area (Å²) >= 11 is 5.76. The summed E-state index contributed by atoms with van der Waals surface area (Å²) in [4.78, 5) is 23.9. The highest BCUT2D eigenvalue weighted by Gasteiger charge is 2.30. The van der Waals surface area contributed by atoms with Crippen LogP contribution in [0.2, 0.25) is 5.02 Å². The Labute approximate surface area is 159 Å². The molecule has 0 aliphatic carbocycles. The molecule has 2 N–H and O–H groups in total. The predicted octanol–water partition coefficient (Wildman–Crippen LogP) is 1.96. The first-order chi connectivity index (χ1) is 12.0. The van der Waals surface area contributed by atoms with Crippen LogP contribution in [0.5, 0.6) is 0 Å². The molecule has 1 aromatic rings. The molecule has 0 aromatic heterocycles. The molecule has 0 radical (unpaired) electrons. The number of hydrogen-bond donors (Lipinski definition) is 2. The number of benzene rings is 1. The summed E-state index contributed by atoms with van der Waals surface area (Å²) in [5, 5.41) is 3.02. The fourth-order valence-electron chi connectivity index (χ4n) is 1.90. The lowest BCUT2D eigenvalue weighted by molar-refractivity contribution is -0.151. The number of nitrogens with one attached hydrogen (secondary N) is 2. The van der Waals surface area contributed by atoms with Crippen LogP contribution in [0.1, 0.15) is 27.7 Å². The zero-order valence-electron chi connectivity index (χ0n) is 15.3. The van der Waals surface area contributed by atoms with E-state index in [1.807, 2.05) is 13.8 Å². The average molecular weight is 405 g/mol. The Morgan fingerprint density at radius 2 is 1.69 bits per heavy atom. The Morgan fingerprint density at radius 3 is 2.19 bits per heavy atom. The van der Waals surface area contributed by atoms with Crippen molar-refractivity contribution >= 4 is 33.5 Å². The van der Waals surface area contributed by atoms with E-state index in [1.165, 1.54) is 24.3 Å². The van der Waals surface area contributed by atoms with Crippen molar-refractivity contribution in [2.24, 2.45) is 11.8 Å². The molecule has 0 heterocycles. The summed E-state index contributed by atoms with van der Waals surface area (Å²) in [6.45, 7) is 7.23. The highest BCUT2D eigenvalue weighted by atomic mass is 35.5. The minimum Gasteiger partial charge on any atom is -0.454 e. The molecule has 1 atom stereocenters. The Hall–Kier alpha value is -1.64. The van der Waals surface area contributed by atoms with Gasteiger partial charge in [-0.25, -0.2) is 8.42 Å². The second kappa shape index (κ2) is 9.89. The number of hydrogen-bond acceptors (Lipinski definition) is 5. The standard InChI is InChI=1S/C17H25ClN2O5S/c1-11(2)9-19-15(21)10-25-17(22)16(12(3)4)20-26(23,24)14-7-5-13(18)6-8-14/h5-8,11-12,16,20H,9-10H2,1-4H3,(H,19,21). The third-order valence-electron chi connectivity index (χ3n) is 3.38. The van der Waals surface area contributed by atoms with Crippen molar-refractivity contribution in [3.05, 3.63) is 29.3 Å². The number of rotatable bonds is 9.